The molecular weight excluding hydrogens is 324 g/mol. The van der Waals surface area contributed by atoms with E-state index in [-0.39, 0.29) is 12.2 Å². The van der Waals surface area contributed by atoms with Gasteiger partial charge in [-0.1, -0.05) is 70.1 Å². The summed E-state index contributed by atoms with van der Waals surface area (Å²) in [6.07, 6.45) is 13.1. The van der Waals surface area contributed by atoms with Crippen LogP contribution in [0.5, 0.6) is 5.75 Å². The summed E-state index contributed by atoms with van der Waals surface area (Å²) >= 11 is 0. The number of benzene rings is 1. The first-order valence-electron chi connectivity index (χ1n) is 10.2. The van der Waals surface area contributed by atoms with Crippen LogP contribution in [0, 0.1) is 0 Å². The van der Waals surface area contributed by atoms with Gasteiger partial charge in [-0.05, 0) is 37.0 Å². The molecule has 0 amide bonds. The fourth-order valence-corrected chi connectivity index (χ4v) is 3.03. The van der Waals surface area contributed by atoms with Crippen LogP contribution >= 0.6 is 0 Å². The molecule has 0 heterocycles. The van der Waals surface area contributed by atoms with Crippen molar-refractivity contribution in [2.45, 2.75) is 89.9 Å². The fourth-order valence-electron chi connectivity index (χ4n) is 3.03. The zero-order valence-corrected chi connectivity index (χ0v) is 16.8. The second-order valence-corrected chi connectivity index (χ2v) is 7.07. The van der Waals surface area contributed by atoms with Gasteiger partial charge in [0.15, 0.2) is 0 Å². The van der Waals surface area contributed by atoms with Gasteiger partial charge >= 0.3 is 0 Å². The topological polar surface area (TPSA) is 38.7 Å². The molecule has 0 saturated heterocycles. The maximum atomic E-state index is 10.2. The second-order valence-electron chi connectivity index (χ2n) is 7.07. The number of rotatable bonds is 16. The van der Waals surface area contributed by atoms with Gasteiger partial charge in [-0.2, -0.15) is 0 Å². The van der Waals surface area contributed by atoms with Crippen LogP contribution in [0.15, 0.2) is 36.9 Å². The highest BCUT2D eigenvalue weighted by Gasteiger charge is 2.10. The maximum Gasteiger partial charge on any atom is 0.118 e. The van der Waals surface area contributed by atoms with E-state index in [1.165, 1.54) is 38.5 Å². The molecule has 0 bridgehead atoms. The van der Waals surface area contributed by atoms with E-state index in [9.17, 15) is 5.11 Å². The highest BCUT2D eigenvalue weighted by molar-refractivity contribution is 5.26. The minimum atomic E-state index is -0.224. The lowest BCUT2D eigenvalue weighted by Gasteiger charge is -2.17. The molecule has 1 aromatic carbocycles. The summed E-state index contributed by atoms with van der Waals surface area (Å²) in [6.45, 7) is 6.66. The molecule has 0 fully saturated rings. The molecule has 0 aliphatic heterocycles. The molecule has 0 aliphatic carbocycles. The van der Waals surface area contributed by atoms with Crippen LogP contribution in [-0.4, -0.2) is 24.4 Å². The predicted molar refractivity (Wildman–Crippen MR) is 110 cm³/mol. The number of hydrogen-bond acceptors (Lipinski definition) is 3. The van der Waals surface area contributed by atoms with E-state index in [4.69, 9.17) is 9.47 Å². The lowest BCUT2D eigenvalue weighted by molar-refractivity contribution is 0.0512. The number of methoxy groups -OCH3 is 1. The zero-order valence-electron chi connectivity index (χ0n) is 16.8. The van der Waals surface area contributed by atoms with E-state index in [1.807, 2.05) is 30.3 Å². The molecule has 148 valence electrons. The summed E-state index contributed by atoms with van der Waals surface area (Å²) in [5.74, 6) is 0.850. The first kappa shape index (κ1) is 22.7. The molecular formula is C23H38O3. The summed E-state index contributed by atoms with van der Waals surface area (Å²) in [5.41, 5.74) is 1.11. The van der Waals surface area contributed by atoms with Crippen molar-refractivity contribution in [1.82, 2.24) is 0 Å². The molecule has 0 aromatic heterocycles. The summed E-state index contributed by atoms with van der Waals surface area (Å²) in [6, 6.07) is 7.89. The Morgan fingerprint density at radius 3 is 2.23 bits per heavy atom. The molecule has 2 atom stereocenters. The van der Waals surface area contributed by atoms with Crippen molar-refractivity contribution in [3.63, 3.8) is 0 Å². The summed E-state index contributed by atoms with van der Waals surface area (Å²) in [5, 5.41) is 10.2. The standard InChI is InChI=1S/C23H38O3/c1-4-6-7-8-9-10-11-12-21(24)15-18-22(5-2)26-19-20-13-16-23(25-3)17-14-20/h5,13-14,16-17,21-22,24H,2,4,6-12,15,18-19H2,1,3H3/t21-,22+/m0/s1. The summed E-state index contributed by atoms with van der Waals surface area (Å²) in [4.78, 5) is 0. The van der Waals surface area contributed by atoms with Gasteiger partial charge in [0.2, 0.25) is 0 Å². The van der Waals surface area contributed by atoms with Gasteiger partial charge in [0.05, 0.1) is 25.9 Å². The Labute approximate surface area is 160 Å². The van der Waals surface area contributed by atoms with E-state index >= 15 is 0 Å². The van der Waals surface area contributed by atoms with Crippen molar-refractivity contribution in [3.05, 3.63) is 42.5 Å². The van der Waals surface area contributed by atoms with Crippen LogP contribution < -0.4 is 4.74 Å². The molecule has 3 heteroatoms. The van der Waals surface area contributed by atoms with Crippen LogP contribution in [0.3, 0.4) is 0 Å². The summed E-state index contributed by atoms with van der Waals surface area (Å²) < 4.78 is 11.1. The van der Waals surface area contributed by atoms with E-state index in [0.29, 0.717) is 6.61 Å². The van der Waals surface area contributed by atoms with Gasteiger partial charge in [-0.3, -0.25) is 0 Å². The molecule has 0 radical (unpaired) electrons. The fraction of sp³-hybridized carbons (Fsp3) is 0.652. The second kappa shape index (κ2) is 14.8. The van der Waals surface area contributed by atoms with Crippen molar-refractivity contribution < 1.29 is 14.6 Å². The molecule has 0 unspecified atom stereocenters. The Hall–Kier alpha value is -1.32. The lowest BCUT2D eigenvalue weighted by Crippen LogP contribution is -2.14. The summed E-state index contributed by atoms with van der Waals surface area (Å²) in [7, 11) is 1.66. The van der Waals surface area contributed by atoms with Crippen molar-refractivity contribution in [1.29, 1.82) is 0 Å². The third-order valence-electron chi connectivity index (χ3n) is 4.81. The van der Waals surface area contributed by atoms with Crippen molar-refractivity contribution >= 4 is 0 Å². The van der Waals surface area contributed by atoms with Crippen LogP contribution in [0.4, 0.5) is 0 Å². The smallest absolute Gasteiger partial charge is 0.118 e. The van der Waals surface area contributed by atoms with Crippen LogP contribution in [0.1, 0.15) is 76.7 Å². The van der Waals surface area contributed by atoms with Crippen LogP contribution in [-0.2, 0) is 11.3 Å². The SMILES string of the molecule is C=C[C@H](CC[C@@H](O)CCCCCCCCC)OCc1ccc(OC)cc1. The zero-order chi connectivity index (χ0) is 19.0. The average molecular weight is 363 g/mol. The normalized spacial score (nSPS) is 13.3. The predicted octanol–water partition coefficient (Wildman–Crippen LogP) is 6.05. The van der Waals surface area contributed by atoms with E-state index in [1.54, 1.807) is 7.11 Å². The quantitative estimate of drug-likeness (QED) is 0.287. The average Bonchev–Trinajstić information content (AvgIpc) is 2.67. The number of unbranched alkanes of at least 4 members (excludes halogenated alkanes) is 6. The maximum absolute atomic E-state index is 10.2. The Morgan fingerprint density at radius 2 is 1.62 bits per heavy atom. The Balaban J connectivity index is 2.13. The van der Waals surface area contributed by atoms with Gasteiger partial charge < -0.3 is 14.6 Å². The van der Waals surface area contributed by atoms with Gasteiger partial charge in [-0.25, -0.2) is 0 Å². The molecule has 1 rings (SSSR count). The van der Waals surface area contributed by atoms with E-state index in [2.05, 4.69) is 13.5 Å². The molecule has 26 heavy (non-hydrogen) atoms. The van der Waals surface area contributed by atoms with Crippen molar-refractivity contribution in [2.24, 2.45) is 0 Å². The van der Waals surface area contributed by atoms with E-state index < -0.39 is 0 Å². The highest BCUT2D eigenvalue weighted by atomic mass is 16.5. The Bertz CT molecular complexity index is 455. The third-order valence-corrected chi connectivity index (χ3v) is 4.81. The third kappa shape index (κ3) is 10.6. The first-order valence-corrected chi connectivity index (χ1v) is 10.2. The number of hydrogen-bond donors (Lipinski definition) is 1. The molecule has 1 aromatic rings. The van der Waals surface area contributed by atoms with Gasteiger partial charge in [-0.15, -0.1) is 6.58 Å². The van der Waals surface area contributed by atoms with Gasteiger partial charge in [0, 0.05) is 0 Å². The molecule has 1 N–H and O–H groups in total. The van der Waals surface area contributed by atoms with Gasteiger partial charge in [0.25, 0.3) is 0 Å². The minimum Gasteiger partial charge on any atom is -0.497 e. The minimum absolute atomic E-state index is 0.0132. The Kier molecular flexibility index (Phi) is 12.9. The Morgan fingerprint density at radius 1 is 0.962 bits per heavy atom. The number of aliphatic hydroxyl groups is 1. The highest BCUT2D eigenvalue weighted by Crippen LogP contribution is 2.16. The largest absolute Gasteiger partial charge is 0.497 e. The van der Waals surface area contributed by atoms with E-state index in [0.717, 1.165) is 37.0 Å². The monoisotopic (exact) mass is 362 g/mol. The number of aliphatic hydroxyl groups excluding tert-OH is 1. The van der Waals surface area contributed by atoms with Crippen molar-refractivity contribution in [2.75, 3.05) is 7.11 Å². The van der Waals surface area contributed by atoms with Gasteiger partial charge in [0.1, 0.15) is 5.75 Å². The molecule has 3 nitrogen and oxygen atoms in total. The molecule has 0 spiro atoms. The van der Waals surface area contributed by atoms with Crippen LogP contribution in [0.2, 0.25) is 0 Å². The molecule has 0 aliphatic rings. The van der Waals surface area contributed by atoms with Crippen LogP contribution in [0.25, 0.3) is 0 Å². The first-order chi connectivity index (χ1) is 12.7. The number of ether oxygens (including phenoxy) is 2. The molecule has 0 saturated carbocycles. The van der Waals surface area contributed by atoms with Crippen molar-refractivity contribution in [3.8, 4) is 5.75 Å². The lowest BCUT2D eigenvalue weighted by atomic mass is 10.0.